The maximum Gasteiger partial charge on any atom is 0.307 e. The normalized spacial score (nSPS) is 13.9. The number of hydrogen-bond acceptors (Lipinski definition) is 4. The SMILES string of the molecule is COCC(C)(C)C(N)CC(=O)OC. The third-order valence-corrected chi connectivity index (χ3v) is 2.13. The van der Waals surface area contributed by atoms with Crippen LogP contribution in [0.2, 0.25) is 0 Å². The van der Waals surface area contributed by atoms with Crippen molar-refractivity contribution in [2.24, 2.45) is 11.1 Å². The van der Waals surface area contributed by atoms with Crippen LogP contribution in [0.3, 0.4) is 0 Å². The second-order valence-corrected chi connectivity index (χ2v) is 3.81. The number of carbonyl (C=O) groups is 1. The van der Waals surface area contributed by atoms with E-state index in [2.05, 4.69) is 4.74 Å². The minimum Gasteiger partial charge on any atom is -0.469 e. The van der Waals surface area contributed by atoms with E-state index in [0.717, 1.165) is 0 Å². The molecule has 0 rings (SSSR count). The van der Waals surface area contributed by atoms with Crippen LogP contribution in [0.25, 0.3) is 0 Å². The highest BCUT2D eigenvalue weighted by atomic mass is 16.5. The molecule has 1 atom stereocenters. The van der Waals surface area contributed by atoms with Gasteiger partial charge in [-0.25, -0.2) is 0 Å². The fraction of sp³-hybridized carbons (Fsp3) is 0.889. The Kier molecular flexibility index (Phi) is 4.95. The van der Waals surface area contributed by atoms with Crippen LogP contribution in [-0.2, 0) is 14.3 Å². The minimum atomic E-state index is -0.281. The molecule has 0 aliphatic heterocycles. The lowest BCUT2D eigenvalue weighted by molar-refractivity contribution is -0.141. The number of rotatable bonds is 5. The van der Waals surface area contributed by atoms with Gasteiger partial charge in [0.1, 0.15) is 0 Å². The molecular weight excluding hydrogens is 170 g/mol. The lowest BCUT2D eigenvalue weighted by Crippen LogP contribution is -2.42. The molecule has 13 heavy (non-hydrogen) atoms. The van der Waals surface area contributed by atoms with Crippen LogP contribution >= 0.6 is 0 Å². The molecule has 0 heterocycles. The summed E-state index contributed by atoms with van der Waals surface area (Å²) in [5, 5.41) is 0. The van der Waals surface area contributed by atoms with Crippen LogP contribution in [-0.4, -0.2) is 32.8 Å². The zero-order valence-electron chi connectivity index (χ0n) is 8.79. The number of methoxy groups -OCH3 is 2. The van der Waals surface area contributed by atoms with Gasteiger partial charge in [-0.15, -0.1) is 0 Å². The largest absolute Gasteiger partial charge is 0.469 e. The van der Waals surface area contributed by atoms with Crippen LogP contribution in [0, 0.1) is 5.41 Å². The Morgan fingerprint density at radius 2 is 2.00 bits per heavy atom. The van der Waals surface area contributed by atoms with Gasteiger partial charge in [-0.3, -0.25) is 4.79 Å². The molecule has 0 aromatic heterocycles. The van der Waals surface area contributed by atoms with Crippen molar-refractivity contribution in [2.45, 2.75) is 26.3 Å². The molecule has 0 bridgehead atoms. The molecule has 0 aromatic rings. The third kappa shape index (κ3) is 4.24. The lowest BCUT2D eigenvalue weighted by atomic mass is 9.84. The summed E-state index contributed by atoms with van der Waals surface area (Å²) in [6, 6.07) is -0.236. The monoisotopic (exact) mass is 189 g/mol. The van der Waals surface area contributed by atoms with Crippen LogP contribution in [0.15, 0.2) is 0 Å². The number of hydrogen-bond donors (Lipinski definition) is 1. The van der Waals surface area contributed by atoms with E-state index in [9.17, 15) is 4.79 Å². The molecule has 2 N–H and O–H groups in total. The van der Waals surface area contributed by atoms with E-state index in [-0.39, 0.29) is 23.8 Å². The average Bonchev–Trinajstić information content (AvgIpc) is 2.04. The summed E-state index contributed by atoms with van der Waals surface area (Å²) in [4.78, 5) is 10.9. The Hall–Kier alpha value is -0.610. The zero-order chi connectivity index (χ0) is 10.5. The van der Waals surface area contributed by atoms with Crippen LogP contribution in [0.4, 0.5) is 0 Å². The summed E-state index contributed by atoms with van der Waals surface area (Å²) in [5.41, 5.74) is 5.63. The smallest absolute Gasteiger partial charge is 0.307 e. The van der Waals surface area contributed by atoms with E-state index in [1.54, 1.807) is 7.11 Å². The average molecular weight is 189 g/mol. The maximum atomic E-state index is 10.9. The van der Waals surface area contributed by atoms with Gasteiger partial charge in [-0.1, -0.05) is 13.8 Å². The van der Waals surface area contributed by atoms with Crippen molar-refractivity contribution in [3.8, 4) is 0 Å². The van der Waals surface area contributed by atoms with Crippen molar-refractivity contribution in [2.75, 3.05) is 20.8 Å². The fourth-order valence-electron chi connectivity index (χ4n) is 1.02. The van der Waals surface area contributed by atoms with Gasteiger partial charge in [-0.2, -0.15) is 0 Å². The molecule has 0 aliphatic rings. The Labute approximate surface area is 79.4 Å². The molecule has 0 saturated carbocycles. The molecule has 0 amide bonds. The molecule has 4 heteroatoms. The quantitative estimate of drug-likeness (QED) is 0.641. The first-order valence-electron chi connectivity index (χ1n) is 4.25. The molecule has 0 spiro atoms. The minimum absolute atomic E-state index is 0.205. The van der Waals surface area contributed by atoms with E-state index < -0.39 is 0 Å². The molecule has 0 fully saturated rings. The van der Waals surface area contributed by atoms with Gasteiger partial charge in [-0.05, 0) is 0 Å². The van der Waals surface area contributed by atoms with E-state index in [1.807, 2.05) is 13.8 Å². The summed E-state index contributed by atoms with van der Waals surface area (Å²) in [7, 11) is 2.98. The van der Waals surface area contributed by atoms with Crippen molar-refractivity contribution in [1.82, 2.24) is 0 Å². The molecule has 78 valence electrons. The Balaban J connectivity index is 4.07. The van der Waals surface area contributed by atoms with Gasteiger partial charge in [0, 0.05) is 18.6 Å². The summed E-state index contributed by atoms with van der Waals surface area (Å²) in [6.07, 6.45) is 0.229. The highest BCUT2D eigenvalue weighted by molar-refractivity contribution is 5.70. The Morgan fingerprint density at radius 1 is 1.46 bits per heavy atom. The van der Waals surface area contributed by atoms with Gasteiger partial charge in [0.2, 0.25) is 0 Å². The predicted molar refractivity (Wildman–Crippen MR) is 50.3 cm³/mol. The summed E-state index contributed by atoms with van der Waals surface area (Å²) >= 11 is 0. The Morgan fingerprint density at radius 3 is 2.38 bits per heavy atom. The van der Waals surface area contributed by atoms with Crippen LogP contribution in [0.1, 0.15) is 20.3 Å². The van der Waals surface area contributed by atoms with Crippen molar-refractivity contribution in [3.05, 3.63) is 0 Å². The standard InChI is InChI=1S/C9H19NO3/c1-9(2,6-12-3)7(10)5-8(11)13-4/h7H,5-6,10H2,1-4H3. The second-order valence-electron chi connectivity index (χ2n) is 3.81. The first-order chi connectivity index (χ1) is 5.94. The molecular formula is C9H19NO3. The topological polar surface area (TPSA) is 61.5 Å². The van der Waals surface area contributed by atoms with Crippen molar-refractivity contribution in [1.29, 1.82) is 0 Å². The molecule has 0 radical (unpaired) electrons. The van der Waals surface area contributed by atoms with E-state index in [0.29, 0.717) is 6.61 Å². The highest BCUT2D eigenvalue weighted by Gasteiger charge is 2.28. The maximum absolute atomic E-state index is 10.9. The zero-order valence-corrected chi connectivity index (χ0v) is 8.79. The molecule has 0 saturated heterocycles. The first kappa shape index (κ1) is 12.4. The number of carbonyl (C=O) groups excluding carboxylic acids is 1. The third-order valence-electron chi connectivity index (χ3n) is 2.13. The van der Waals surface area contributed by atoms with Crippen molar-refractivity contribution < 1.29 is 14.3 Å². The number of esters is 1. The fourth-order valence-corrected chi connectivity index (χ4v) is 1.02. The number of nitrogens with two attached hydrogens (primary N) is 1. The number of ether oxygens (including phenoxy) is 2. The first-order valence-corrected chi connectivity index (χ1v) is 4.25. The lowest BCUT2D eigenvalue weighted by Gasteiger charge is -2.29. The molecule has 1 unspecified atom stereocenters. The van der Waals surface area contributed by atoms with Gasteiger partial charge in [0.15, 0.2) is 0 Å². The van der Waals surface area contributed by atoms with Gasteiger partial charge in [0.25, 0.3) is 0 Å². The molecule has 4 nitrogen and oxygen atoms in total. The summed E-state index contributed by atoms with van der Waals surface area (Å²) < 4.78 is 9.55. The summed E-state index contributed by atoms with van der Waals surface area (Å²) in [5.74, 6) is -0.281. The van der Waals surface area contributed by atoms with Crippen molar-refractivity contribution >= 4 is 5.97 Å². The van der Waals surface area contributed by atoms with Gasteiger partial charge >= 0.3 is 5.97 Å². The van der Waals surface area contributed by atoms with Crippen LogP contribution < -0.4 is 5.73 Å². The highest BCUT2D eigenvalue weighted by Crippen LogP contribution is 2.21. The van der Waals surface area contributed by atoms with E-state index in [1.165, 1.54) is 7.11 Å². The van der Waals surface area contributed by atoms with E-state index >= 15 is 0 Å². The molecule has 0 aliphatic carbocycles. The molecule has 0 aromatic carbocycles. The van der Waals surface area contributed by atoms with Crippen LogP contribution in [0.5, 0.6) is 0 Å². The predicted octanol–water partition coefficient (Wildman–Crippen LogP) is 0.549. The van der Waals surface area contributed by atoms with Crippen molar-refractivity contribution in [3.63, 3.8) is 0 Å². The second kappa shape index (κ2) is 5.19. The van der Waals surface area contributed by atoms with Gasteiger partial charge < -0.3 is 15.2 Å². The van der Waals surface area contributed by atoms with E-state index in [4.69, 9.17) is 10.5 Å². The summed E-state index contributed by atoms with van der Waals surface area (Å²) in [6.45, 7) is 4.46. The van der Waals surface area contributed by atoms with Gasteiger partial charge in [0.05, 0.1) is 20.1 Å². The Bertz CT molecular complexity index is 168.